The van der Waals surface area contributed by atoms with Crippen LogP contribution in [0.3, 0.4) is 0 Å². The van der Waals surface area contributed by atoms with Gasteiger partial charge in [0.05, 0.1) is 12.4 Å². The van der Waals surface area contributed by atoms with Gasteiger partial charge in [-0.1, -0.05) is 44.2 Å². The van der Waals surface area contributed by atoms with E-state index in [0.717, 1.165) is 22.8 Å². The maximum Gasteiger partial charge on any atom is 0.234 e. The molecule has 1 amide bonds. The molecule has 0 fully saturated rings. The van der Waals surface area contributed by atoms with E-state index in [-0.39, 0.29) is 5.91 Å². The first-order chi connectivity index (χ1) is 12.0. The third-order valence-corrected chi connectivity index (χ3v) is 4.83. The predicted octanol–water partition coefficient (Wildman–Crippen LogP) is 5.18. The SMILES string of the molecule is Cc1cccc(OCCSCC(=O)Nc2c(C)cccc2C(C)C)c1. The molecule has 2 rings (SSSR count). The molecule has 0 radical (unpaired) electrons. The van der Waals surface area contributed by atoms with E-state index in [0.29, 0.717) is 18.3 Å². The number of hydrogen-bond donors (Lipinski definition) is 1. The summed E-state index contributed by atoms with van der Waals surface area (Å²) in [5.74, 6) is 2.52. The smallest absolute Gasteiger partial charge is 0.234 e. The van der Waals surface area contributed by atoms with Crippen LogP contribution in [0.2, 0.25) is 0 Å². The maximum absolute atomic E-state index is 12.2. The van der Waals surface area contributed by atoms with Crippen LogP contribution in [-0.2, 0) is 4.79 Å². The molecule has 25 heavy (non-hydrogen) atoms. The molecule has 0 atom stereocenters. The first-order valence-electron chi connectivity index (χ1n) is 8.64. The maximum atomic E-state index is 12.2. The van der Waals surface area contributed by atoms with Crippen molar-refractivity contribution in [2.75, 3.05) is 23.4 Å². The fraction of sp³-hybridized carbons (Fsp3) is 0.381. The Kier molecular flexibility index (Phi) is 7.38. The zero-order valence-corrected chi connectivity index (χ0v) is 16.3. The van der Waals surface area contributed by atoms with Gasteiger partial charge in [-0.3, -0.25) is 4.79 Å². The van der Waals surface area contributed by atoms with Gasteiger partial charge in [0, 0.05) is 11.4 Å². The minimum Gasteiger partial charge on any atom is -0.493 e. The van der Waals surface area contributed by atoms with Crippen molar-refractivity contribution in [3.63, 3.8) is 0 Å². The van der Waals surface area contributed by atoms with Gasteiger partial charge < -0.3 is 10.1 Å². The van der Waals surface area contributed by atoms with Gasteiger partial charge in [-0.25, -0.2) is 0 Å². The predicted molar refractivity (Wildman–Crippen MR) is 108 cm³/mol. The van der Waals surface area contributed by atoms with Crippen LogP contribution in [-0.4, -0.2) is 24.0 Å². The Hall–Kier alpha value is -1.94. The van der Waals surface area contributed by atoms with Gasteiger partial charge in [0.15, 0.2) is 0 Å². The molecule has 0 unspecified atom stereocenters. The van der Waals surface area contributed by atoms with Crippen molar-refractivity contribution in [2.45, 2.75) is 33.6 Å². The largest absolute Gasteiger partial charge is 0.493 e. The van der Waals surface area contributed by atoms with Crippen molar-refractivity contribution in [3.05, 3.63) is 59.2 Å². The van der Waals surface area contributed by atoms with E-state index in [1.165, 1.54) is 11.1 Å². The van der Waals surface area contributed by atoms with Gasteiger partial charge in [0.25, 0.3) is 0 Å². The standard InChI is InChI=1S/C21H27NO2S/c1-15(2)19-10-6-8-17(4)21(19)22-20(23)14-25-12-11-24-18-9-5-7-16(3)13-18/h5-10,13,15H,11-12,14H2,1-4H3,(H,22,23). The molecule has 2 aromatic rings. The Morgan fingerprint density at radius 1 is 1.16 bits per heavy atom. The zero-order chi connectivity index (χ0) is 18.2. The molecule has 0 aliphatic rings. The summed E-state index contributed by atoms with van der Waals surface area (Å²) in [4.78, 5) is 12.2. The molecule has 0 aromatic heterocycles. The summed E-state index contributed by atoms with van der Waals surface area (Å²) in [5, 5.41) is 3.08. The van der Waals surface area contributed by atoms with Crippen LogP contribution in [0, 0.1) is 13.8 Å². The summed E-state index contributed by atoms with van der Waals surface area (Å²) in [7, 11) is 0. The second kappa shape index (κ2) is 9.52. The second-order valence-corrected chi connectivity index (χ2v) is 7.56. The number of hydrogen-bond acceptors (Lipinski definition) is 3. The van der Waals surface area contributed by atoms with Crippen LogP contribution in [0.25, 0.3) is 0 Å². The van der Waals surface area contributed by atoms with Crippen LogP contribution >= 0.6 is 11.8 Å². The van der Waals surface area contributed by atoms with Crippen molar-refractivity contribution in [1.82, 2.24) is 0 Å². The third-order valence-electron chi connectivity index (χ3n) is 3.91. The molecule has 134 valence electrons. The number of amides is 1. The van der Waals surface area contributed by atoms with Gasteiger partial charge >= 0.3 is 0 Å². The van der Waals surface area contributed by atoms with Gasteiger partial charge in [0.1, 0.15) is 5.75 Å². The summed E-state index contributed by atoms with van der Waals surface area (Å²) in [6.07, 6.45) is 0. The molecular formula is C21H27NO2S. The average Bonchev–Trinajstić information content (AvgIpc) is 2.56. The number of aryl methyl sites for hydroxylation is 2. The number of para-hydroxylation sites is 1. The molecule has 2 aromatic carbocycles. The number of thioether (sulfide) groups is 1. The van der Waals surface area contributed by atoms with E-state index in [1.54, 1.807) is 11.8 Å². The van der Waals surface area contributed by atoms with Gasteiger partial charge in [-0.2, -0.15) is 0 Å². The minimum atomic E-state index is 0.0387. The molecule has 4 heteroatoms. The van der Waals surface area contributed by atoms with Crippen molar-refractivity contribution in [2.24, 2.45) is 0 Å². The van der Waals surface area contributed by atoms with Gasteiger partial charge in [-0.05, 0) is 48.6 Å². The quantitative estimate of drug-likeness (QED) is 0.662. The number of carbonyl (C=O) groups excluding carboxylic acids is 1. The molecule has 0 saturated heterocycles. The average molecular weight is 358 g/mol. The highest BCUT2D eigenvalue weighted by atomic mass is 32.2. The number of nitrogens with one attached hydrogen (secondary N) is 1. The molecule has 0 bridgehead atoms. The van der Waals surface area contributed by atoms with Crippen LogP contribution in [0.1, 0.15) is 36.5 Å². The van der Waals surface area contributed by atoms with E-state index in [2.05, 4.69) is 25.2 Å². The summed E-state index contributed by atoms with van der Waals surface area (Å²) in [6, 6.07) is 14.2. The van der Waals surface area contributed by atoms with Crippen molar-refractivity contribution >= 4 is 23.4 Å². The van der Waals surface area contributed by atoms with Crippen molar-refractivity contribution < 1.29 is 9.53 Å². The fourth-order valence-corrected chi connectivity index (χ4v) is 3.21. The minimum absolute atomic E-state index is 0.0387. The molecule has 0 heterocycles. The highest BCUT2D eigenvalue weighted by Gasteiger charge is 2.11. The highest BCUT2D eigenvalue weighted by molar-refractivity contribution is 7.99. The van der Waals surface area contributed by atoms with Gasteiger partial charge in [-0.15, -0.1) is 11.8 Å². The molecule has 3 nitrogen and oxygen atoms in total. The lowest BCUT2D eigenvalue weighted by Crippen LogP contribution is -2.17. The zero-order valence-electron chi connectivity index (χ0n) is 15.5. The Labute approximate surface area is 155 Å². The van der Waals surface area contributed by atoms with Crippen molar-refractivity contribution in [3.8, 4) is 5.75 Å². The lowest BCUT2D eigenvalue weighted by Gasteiger charge is -2.16. The number of anilines is 1. The Balaban J connectivity index is 1.76. The Morgan fingerprint density at radius 3 is 2.64 bits per heavy atom. The second-order valence-electron chi connectivity index (χ2n) is 6.46. The number of ether oxygens (including phenoxy) is 1. The van der Waals surface area contributed by atoms with Crippen LogP contribution in [0.5, 0.6) is 5.75 Å². The molecule has 0 spiro atoms. The molecule has 0 aliphatic carbocycles. The van der Waals surface area contributed by atoms with E-state index < -0.39 is 0 Å². The summed E-state index contributed by atoms with van der Waals surface area (Å²) in [5.41, 5.74) is 4.43. The molecule has 0 saturated carbocycles. The first kappa shape index (κ1) is 19.4. The van der Waals surface area contributed by atoms with E-state index in [9.17, 15) is 4.79 Å². The van der Waals surface area contributed by atoms with E-state index in [1.807, 2.05) is 50.2 Å². The molecule has 1 N–H and O–H groups in total. The number of rotatable bonds is 8. The Morgan fingerprint density at radius 2 is 1.92 bits per heavy atom. The topological polar surface area (TPSA) is 38.3 Å². The van der Waals surface area contributed by atoms with Crippen LogP contribution < -0.4 is 10.1 Å². The van der Waals surface area contributed by atoms with Crippen molar-refractivity contribution in [1.29, 1.82) is 0 Å². The van der Waals surface area contributed by atoms with Gasteiger partial charge in [0.2, 0.25) is 5.91 Å². The number of benzene rings is 2. The third kappa shape index (κ3) is 6.13. The van der Waals surface area contributed by atoms with Crippen LogP contribution in [0.15, 0.2) is 42.5 Å². The lowest BCUT2D eigenvalue weighted by atomic mass is 9.98. The Bertz CT molecular complexity index is 713. The van der Waals surface area contributed by atoms with E-state index >= 15 is 0 Å². The highest BCUT2D eigenvalue weighted by Crippen LogP contribution is 2.27. The molecule has 0 aliphatic heterocycles. The normalized spacial score (nSPS) is 10.8. The lowest BCUT2D eigenvalue weighted by molar-refractivity contribution is -0.113. The monoisotopic (exact) mass is 357 g/mol. The summed E-state index contributed by atoms with van der Waals surface area (Å²) >= 11 is 1.59. The molecular weight excluding hydrogens is 330 g/mol. The number of carbonyl (C=O) groups is 1. The first-order valence-corrected chi connectivity index (χ1v) is 9.79. The van der Waals surface area contributed by atoms with Crippen LogP contribution in [0.4, 0.5) is 5.69 Å². The summed E-state index contributed by atoms with van der Waals surface area (Å²) in [6.45, 7) is 8.96. The fourth-order valence-electron chi connectivity index (χ4n) is 2.61. The summed E-state index contributed by atoms with van der Waals surface area (Å²) < 4.78 is 5.70. The van der Waals surface area contributed by atoms with E-state index in [4.69, 9.17) is 4.74 Å².